The Morgan fingerprint density at radius 3 is 2.62 bits per heavy atom. The number of para-hydroxylation sites is 1. The van der Waals surface area contributed by atoms with E-state index < -0.39 is 5.82 Å². The van der Waals surface area contributed by atoms with Crippen LogP contribution in [-0.4, -0.2) is 31.2 Å². The number of hydrogen-bond acceptors (Lipinski definition) is 7. The van der Waals surface area contributed by atoms with E-state index in [1.165, 1.54) is 29.5 Å². The van der Waals surface area contributed by atoms with Crippen molar-refractivity contribution in [1.82, 2.24) is 14.5 Å². The summed E-state index contributed by atoms with van der Waals surface area (Å²) in [5.41, 5.74) is 2.58. The van der Waals surface area contributed by atoms with E-state index in [9.17, 15) is 19.1 Å². The van der Waals surface area contributed by atoms with Gasteiger partial charge in [-0.1, -0.05) is 24.3 Å². The zero-order valence-corrected chi connectivity index (χ0v) is 20.7. The van der Waals surface area contributed by atoms with Crippen molar-refractivity contribution < 1.29 is 23.8 Å². The van der Waals surface area contributed by atoms with E-state index in [1.807, 2.05) is 17.7 Å². The van der Waals surface area contributed by atoms with Crippen molar-refractivity contribution in [2.75, 3.05) is 0 Å². The van der Waals surface area contributed by atoms with Crippen LogP contribution in [0.3, 0.4) is 0 Å². The molecule has 0 aliphatic carbocycles. The molecule has 3 aromatic heterocycles. The normalized spacial score (nSPS) is 11.1. The van der Waals surface area contributed by atoms with E-state index in [2.05, 4.69) is 9.97 Å². The number of carbonyl (C=O) groups excluding carboxylic acids is 2. The number of aromatic hydroxyl groups is 1. The molecule has 0 atom stereocenters. The van der Waals surface area contributed by atoms with Crippen LogP contribution in [0.1, 0.15) is 17.5 Å². The summed E-state index contributed by atoms with van der Waals surface area (Å²) in [5, 5.41) is 9.81. The van der Waals surface area contributed by atoms with Gasteiger partial charge in [-0.2, -0.15) is 0 Å². The molecule has 186 valence electrons. The summed E-state index contributed by atoms with van der Waals surface area (Å²) in [5.74, 6) is -0.737. The number of carbonyl (C=O) groups is 2. The van der Waals surface area contributed by atoms with Gasteiger partial charge in [-0.25, -0.2) is 9.37 Å². The number of aromatic nitrogens is 3. The Hall–Kier alpha value is -4.37. The molecule has 0 aliphatic rings. The van der Waals surface area contributed by atoms with Gasteiger partial charge in [0.05, 0.1) is 39.7 Å². The number of hydrogen-bond donors (Lipinski definition) is 1. The number of phenols is 1. The molecule has 0 amide bonds. The van der Waals surface area contributed by atoms with Crippen molar-refractivity contribution in [3.05, 3.63) is 90.3 Å². The molecule has 7 nitrogen and oxygen atoms in total. The molecule has 0 radical (unpaired) electrons. The third kappa shape index (κ3) is 5.41. The highest BCUT2D eigenvalue weighted by molar-refractivity contribution is 7.22. The van der Waals surface area contributed by atoms with Crippen LogP contribution < -0.4 is 4.74 Å². The summed E-state index contributed by atoms with van der Waals surface area (Å²) in [7, 11) is 1.91. The number of pyridine rings is 1. The van der Waals surface area contributed by atoms with Gasteiger partial charge >= 0.3 is 0 Å². The third-order valence-electron chi connectivity index (χ3n) is 5.84. The Balaban J connectivity index is 1.26. The van der Waals surface area contributed by atoms with Gasteiger partial charge in [-0.3, -0.25) is 14.6 Å². The van der Waals surface area contributed by atoms with Crippen molar-refractivity contribution in [3.8, 4) is 27.8 Å². The molecular formula is C28H22FN3O4S. The fourth-order valence-electron chi connectivity index (χ4n) is 4.02. The van der Waals surface area contributed by atoms with E-state index in [1.54, 1.807) is 49.1 Å². The average molecular weight is 516 g/mol. The largest absolute Gasteiger partial charge is 0.508 e. The second-order valence-corrected chi connectivity index (χ2v) is 9.68. The van der Waals surface area contributed by atoms with Gasteiger partial charge in [-0.15, -0.1) is 11.3 Å². The number of ether oxygens (including phenoxy) is 1. The number of aryl methyl sites for hydroxylation is 1. The highest BCUT2D eigenvalue weighted by atomic mass is 32.1. The van der Waals surface area contributed by atoms with Crippen LogP contribution in [0.4, 0.5) is 4.39 Å². The van der Waals surface area contributed by atoms with Gasteiger partial charge < -0.3 is 14.4 Å². The standard InChI is InChI=1S/C28H22FN3O4S/c1-32-16-30-15-23(32)27-14-22-28(37-27)26(8-9-31-22)36-25-7-6-17(11-21(25)29)10-19(33)13-20(34)12-18-4-2-3-5-24(18)35/h2-9,11,14-16,35H,10,12-13H2,1H3. The SMILES string of the molecule is Cn1cncc1-c1cc2nccc(Oc3ccc(CC(=O)CC(=O)Cc4ccccc4O)cc3F)c2s1. The van der Waals surface area contributed by atoms with Gasteiger partial charge in [0.1, 0.15) is 23.1 Å². The molecule has 3 heterocycles. The average Bonchev–Trinajstić information content (AvgIpc) is 3.48. The molecule has 5 aromatic rings. The number of nitrogens with zero attached hydrogens (tertiary/aromatic N) is 3. The van der Waals surface area contributed by atoms with Crippen LogP contribution in [0.25, 0.3) is 20.8 Å². The van der Waals surface area contributed by atoms with Crippen molar-refractivity contribution in [2.24, 2.45) is 7.05 Å². The molecule has 5 rings (SSSR count). The second-order valence-electron chi connectivity index (χ2n) is 8.63. The van der Waals surface area contributed by atoms with Crippen molar-refractivity contribution in [1.29, 1.82) is 0 Å². The highest BCUT2D eigenvalue weighted by Crippen LogP contribution is 2.39. The minimum Gasteiger partial charge on any atom is -0.508 e. The Morgan fingerprint density at radius 1 is 1.05 bits per heavy atom. The number of thiophene rings is 1. The van der Waals surface area contributed by atoms with E-state index in [0.29, 0.717) is 16.9 Å². The molecule has 9 heteroatoms. The Kier molecular flexibility index (Phi) is 6.78. The minimum absolute atomic E-state index is 0.0168. The molecule has 0 spiro atoms. The molecule has 0 unspecified atom stereocenters. The Labute approximate surface area is 215 Å². The lowest BCUT2D eigenvalue weighted by Crippen LogP contribution is -2.12. The summed E-state index contributed by atoms with van der Waals surface area (Å²) in [6, 6.07) is 14.5. The monoisotopic (exact) mass is 515 g/mol. The lowest BCUT2D eigenvalue weighted by atomic mass is 10.0. The van der Waals surface area contributed by atoms with Crippen LogP contribution in [0.5, 0.6) is 17.2 Å². The molecule has 0 fully saturated rings. The van der Waals surface area contributed by atoms with Crippen LogP contribution in [-0.2, 0) is 29.5 Å². The van der Waals surface area contributed by atoms with Gasteiger partial charge in [0.15, 0.2) is 11.6 Å². The van der Waals surface area contributed by atoms with Crippen LogP contribution in [0, 0.1) is 5.82 Å². The number of halogens is 1. The van der Waals surface area contributed by atoms with Crippen LogP contribution in [0.15, 0.2) is 73.3 Å². The number of rotatable bonds is 9. The zero-order valence-electron chi connectivity index (χ0n) is 19.8. The first kappa shape index (κ1) is 24.3. The van der Waals surface area contributed by atoms with E-state index in [0.717, 1.165) is 20.8 Å². The van der Waals surface area contributed by atoms with Gasteiger partial charge in [0, 0.05) is 37.7 Å². The predicted molar refractivity (Wildman–Crippen MR) is 138 cm³/mol. The van der Waals surface area contributed by atoms with Crippen molar-refractivity contribution >= 4 is 33.1 Å². The quantitative estimate of drug-likeness (QED) is 0.255. The first-order valence-corrected chi connectivity index (χ1v) is 12.3. The summed E-state index contributed by atoms with van der Waals surface area (Å²) >= 11 is 1.48. The molecule has 2 aromatic carbocycles. The third-order valence-corrected chi connectivity index (χ3v) is 7.00. The molecule has 0 aliphatic heterocycles. The summed E-state index contributed by atoms with van der Waals surface area (Å²) in [6.45, 7) is 0. The topological polar surface area (TPSA) is 94.3 Å². The number of imidazole rings is 1. The van der Waals surface area contributed by atoms with E-state index in [-0.39, 0.29) is 42.3 Å². The fourth-order valence-corrected chi connectivity index (χ4v) is 5.14. The number of benzene rings is 2. The van der Waals surface area contributed by atoms with Crippen molar-refractivity contribution in [3.63, 3.8) is 0 Å². The maximum Gasteiger partial charge on any atom is 0.166 e. The molecule has 0 saturated heterocycles. The van der Waals surface area contributed by atoms with E-state index >= 15 is 0 Å². The van der Waals surface area contributed by atoms with E-state index in [4.69, 9.17) is 4.74 Å². The molecule has 0 bridgehead atoms. The number of Topliss-reactive ketones (excluding diaryl/α,β-unsaturated/α-hetero) is 2. The smallest absolute Gasteiger partial charge is 0.166 e. The molecule has 1 N–H and O–H groups in total. The Bertz CT molecular complexity index is 1630. The summed E-state index contributed by atoms with van der Waals surface area (Å²) in [6.07, 6.45) is 4.68. The van der Waals surface area contributed by atoms with Crippen LogP contribution >= 0.6 is 11.3 Å². The lowest BCUT2D eigenvalue weighted by Gasteiger charge is -2.09. The maximum atomic E-state index is 14.9. The highest BCUT2D eigenvalue weighted by Gasteiger charge is 2.16. The number of fused-ring (bicyclic) bond motifs is 1. The molecular weight excluding hydrogens is 493 g/mol. The summed E-state index contributed by atoms with van der Waals surface area (Å²) < 4.78 is 23.5. The molecule has 37 heavy (non-hydrogen) atoms. The zero-order chi connectivity index (χ0) is 25.9. The molecule has 0 saturated carbocycles. The van der Waals surface area contributed by atoms with Gasteiger partial charge in [0.2, 0.25) is 0 Å². The maximum absolute atomic E-state index is 14.9. The summed E-state index contributed by atoms with van der Waals surface area (Å²) in [4.78, 5) is 34.2. The Morgan fingerprint density at radius 2 is 1.86 bits per heavy atom. The minimum atomic E-state index is -0.612. The van der Waals surface area contributed by atoms with Gasteiger partial charge in [-0.05, 0) is 29.8 Å². The van der Waals surface area contributed by atoms with Gasteiger partial charge in [0.25, 0.3) is 0 Å². The number of ketones is 2. The lowest BCUT2D eigenvalue weighted by molar-refractivity contribution is -0.126. The predicted octanol–water partition coefficient (Wildman–Crippen LogP) is 5.65. The first-order valence-electron chi connectivity index (χ1n) is 11.5. The van der Waals surface area contributed by atoms with Crippen molar-refractivity contribution in [2.45, 2.75) is 19.3 Å². The number of phenolic OH excluding ortho intramolecular Hbond substituents is 1. The van der Waals surface area contributed by atoms with Crippen LogP contribution in [0.2, 0.25) is 0 Å². The second kappa shape index (κ2) is 10.3. The fraction of sp³-hybridized carbons (Fsp3) is 0.143. The first-order chi connectivity index (χ1) is 17.9.